The van der Waals surface area contributed by atoms with Crippen molar-refractivity contribution >= 4 is 129 Å². The van der Waals surface area contributed by atoms with E-state index in [9.17, 15) is 11.0 Å². The molecule has 0 bridgehead atoms. The zero-order valence-corrected chi connectivity index (χ0v) is 55.7. The molecule has 0 N–H and O–H groups in total. The average molecular weight is 1420 g/mol. The van der Waals surface area contributed by atoms with Crippen molar-refractivity contribution in [3.63, 3.8) is 0 Å². The monoisotopic (exact) mass is 1410 g/mol. The van der Waals surface area contributed by atoms with Gasteiger partial charge in [-0.15, -0.1) is 0 Å². The van der Waals surface area contributed by atoms with Gasteiger partial charge in [0.25, 0.3) is 0 Å². The van der Waals surface area contributed by atoms with Crippen LogP contribution in [0, 0.1) is 0 Å². The van der Waals surface area contributed by atoms with E-state index in [-0.39, 0.29) is 79.2 Å². The molecule has 502 valence electrons. The molecule has 0 saturated carbocycles. The molecule has 0 spiro atoms. The van der Waals surface area contributed by atoms with Crippen LogP contribution < -0.4 is 0 Å². The van der Waals surface area contributed by atoms with E-state index in [0.717, 1.165) is 54.2 Å². The molecule has 0 heteroatoms. The molecule has 0 fully saturated rings. The van der Waals surface area contributed by atoms with E-state index in [0.29, 0.717) is 11.1 Å². The summed E-state index contributed by atoms with van der Waals surface area (Å²) in [6, 6.07) is 6.06. The van der Waals surface area contributed by atoms with Crippen molar-refractivity contribution in [1.82, 2.24) is 0 Å². The van der Waals surface area contributed by atoms with E-state index in [1.807, 2.05) is 78.9 Å². The largest absolute Gasteiger partial charge is 0.0636 e. The van der Waals surface area contributed by atoms with Gasteiger partial charge in [-0.05, 0) is 231 Å². The van der Waals surface area contributed by atoms with Crippen molar-refractivity contribution < 1.29 is 65.8 Å². The fraction of sp³-hybridized carbons (Fsp3) is 0. The van der Waals surface area contributed by atoms with Crippen LogP contribution in [0.15, 0.2) is 423 Å². The van der Waals surface area contributed by atoms with E-state index < -0.39 is 353 Å². The molecule has 0 amide bonds. The van der Waals surface area contributed by atoms with Crippen molar-refractivity contribution in [2.75, 3.05) is 0 Å². The summed E-state index contributed by atoms with van der Waals surface area (Å²) in [5.41, 5.74) is -2.09. The number of hydrogen-bond acceptors (Lipinski definition) is 0. The Morgan fingerprint density at radius 3 is 0.870 bits per heavy atom. The van der Waals surface area contributed by atoms with Crippen molar-refractivity contribution in [1.29, 1.82) is 0 Å². The summed E-state index contributed by atoms with van der Waals surface area (Å²) in [7, 11) is 0. The standard InChI is InChI=1S/C40H26.2C34H22/c1-2-13-29-25-32(24-23-27(29)11-1)40-37-20-7-5-18-35(37)39(36-19-6-8-21-38(36)40)31-16-9-15-30(26-31)34-22-10-14-28-12-3-4-17-33(28)34;2*1-2-12-25-22-26(21-20-23(25)10-1)33-29-15-5-7-17-31(29)34(32-18-8-6-16-30(32)33)28-19-9-13-24-11-3-4-14-27(24)28/h1-26H;2*1-22H/i1D,2D,3D,4D,5D,6D,7D,8D,9D,10D,11D,12D,13D,14D,15D,16D,17D,18D,19D,20D,21D,22D,23D,24D,25D,26D;3D,4D,5D,6D,7D,8D,9D,11D,13D,14D,15D,16D,17D,18D,19D;3D,4D,9D,11D,13D,14D,19D. The fourth-order valence-electron chi connectivity index (χ4n) is 14.2. The van der Waals surface area contributed by atoms with Gasteiger partial charge < -0.3 is 0 Å². The molecule has 0 nitrogen and oxygen atoms in total. The molecule has 0 unspecified atom stereocenters. The van der Waals surface area contributed by atoms with Gasteiger partial charge in [-0.25, -0.2) is 0 Å². The molecular formula is C108H70. The van der Waals surface area contributed by atoms with Gasteiger partial charge in [0.15, 0.2) is 0 Å². The maximum atomic E-state index is 9.74. The van der Waals surface area contributed by atoms with Gasteiger partial charge in [0, 0.05) is 0 Å². The number of rotatable bonds is 7. The highest BCUT2D eigenvalue weighted by Crippen LogP contribution is 2.50. The van der Waals surface area contributed by atoms with E-state index in [2.05, 4.69) is 30.3 Å². The molecule has 0 heterocycles. The highest BCUT2D eigenvalue weighted by molar-refractivity contribution is 6.27. The first-order chi connectivity index (χ1) is 73.6. The lowest BCUT2D eigenvalue weighted by atomic mass is 9.84. The maximum absolute atomic E-state index is 9.74. The average Bonchev–Trinajstić information content (AvgIpc) is 0.684. The number of fused-ring (bicyclic) bond motifs is 12. The molecule has 0 aliphatic rings. The molecule has 0 saturated heterocycles. The molecular weight excluding hydrogens is 1300 g/mol. The third-order valence-electron chi connectivity index (χ3n) is 18.8. The molecule has 0 atom stereocenters. The third kappa shape index (κ3) is 11.2. The van der Waals surface area contributed by atoms with Crippen LogP contribution in [0.2, 0.25) is 0 Å². The molecule has 0 aliphatic carbocycles. The maximum Gasteiger partial charge on any atom is 0.0636 e. The Labute approximate surface area is 695 Å². The Morgan fingerprint density at radius 1 is 0.139 bits per heavy atom. The minimum atomic E-state index is -1.07. The smallest absolute Gasteiger partial charge is 0.0616 e. The van der Waals surface area contributed by atoms with E-state index >= 15 is 0 Å². The van der Waals surface area contributed by atoms with Crippen LogP contribution in [0.5, 0.6) is 0 Å². The van der Waals surface area contributed by atoms with Crippen LogP contribution in [-0.2, 0) is 0 Å². The van der Waals surface area contributed by atoms with Gasteiger partial charge >= 0.3 is 0 Å². The van der Waals surface area contributed by atoms with E-state index in [4.69, 9.17) is 54.8 Å². The lowest BCUT2D eigenvalue weighted by molar-refractivity contribution is 1.63. The molecule has 0 aliphatic heterocycles. The lowest BCUT2D eigenvalue weighted by Gasteiger charge is -2.19. The Hall–Kier alpha value is -14.0. The summed E-state index contributed by atoms with van der Waals surface area (Å²) >= 11 is 0. The Balaban J connectivity index is 0.000000144. The summed E-state index contributed by atoms with van der Waals surface area (Å²) in [5, 5.41) is 0.301. The van der Waals surface area contributed by atoms with Crippen molar-refractivity contribution in [3.05, 3.63) is 423 Å². The summed E-state index contributed by atoms with van der Waals surface area (Å²) in [6.07, 6.45) is 0. The van der Waals surface area contributed by atoms with Crippen molar-refractivity contribution in [3.8, 4) is 77.9 Å². The second-order valence-electron chi connectivity index (χ2n) is 24.7. The Kier molecular flexibility index (Phi) is 7.90. The topological polar surface area (TPSA) is 0 Å². The summed E-state index contributed by atoms with van der Waals surface area (Å²) in [6.45, 7) is 0. The number of hydrogen-bond donors (Lipinski definition) is 0. The zero-order valence-electron chi connectivity index (χ0n) is 104. The first kappa shape index (κ1) is 31.3. The van der Waals surface area contributed by atoms with Crippen molar-refractivity contribution in [2.24, 2.45) is 0 Å². The highest BCUT2D eigenvalue weighted by atomic mass is 14.3. The van der Waals surface area contributed by atoms with Crippen LogP contribution in [0.1, 0.15) is 65.8 Å². The summed E-state index contributed by atoms with van der Waals surface area (Å²) < 4.78 is 423. The van der Waals surface area contributed by atoms with Crippen LogP contribution in [0.25, 0.3) is 207 Å². The van der Waals surface area contributed by atoms with Gasteiger partial charge in [0.2, 0.25) is 0 Å². The zero-order chi connectivity index (χ0) is 113. The molecule has 22 rings (SSSR count). The highest BCUT2D eigenvalue weighted by Gasteiger charge is 2.22. The quantitative estimate of drug-likeness (QED) is 0.140. The molecule has 0 aromatic heterocycles. The second kappa shape index (κ2) is 27.2. The SMILES string of the molecule is [2H]c1c([2H])c(-c2c([2H])c([2H])c([2H])c3c([2H])c([2H])c([2H])c([2H])c23)c([2H])c(-c2c3c([2H])c([2H])c([2H])c([2H])c3c(-c3c([2H])c([2H])c4c([2H])c([2H])c([2H])c([2H])c4c3[2H])c3c([2H])c([2H])c([2H])c([2H])c23)c1[2H].[2H]c1c([2H])c([2H])c2c(-c3c4c([2H])c([2H])c([2H])c([2H])c4c(-c4ccc5ccccc5c4)c4c([2H])c([2H])c([2H])c([2H])c34)c([2H])c([2H])c([2H])c2c1[2H].[2H]c1c([2H])c([2H])c2c(-c3c4ccccc4c(-c4ccc5ccccc5c4)c4ccccc34)c([2H])c([2H])c([2H])c2c1[2H]. The van der Waals surface area contributed by atoms with Crippen LogP contribution in [-0.4, -0.2) is 0 Å². The van der Waals surface area contributed by atoms with E-state index in [1.54, 1.807) is 24.3 Å². The normalized spacial score (nSPS) is 17.7. The van der Waals surface area contributed by atoms with Gasteiger partial charge in [0.05, 0.1) is 65.8 Å². The summed E-state index contributed by atoms with van der Waals surface area (Å²) in [5.74, 6) is 0. The predicted octanol–water partition coefficient (Wildman–Crippen LogP) is 30.6. The Bertz CT molecular complexity index is 10100. The predicted molar refractivity (Wildman–Crippen MR) is 467 cm³/mol. The molecule has 22 aromatic rings. The third-order valence-corrected chi connectivity index (χ3v) is 18.8. The van der Waals surface area contributed by atoms with Crippen LogP contribution in [0.3, 0.4) is 0 Å². The number of benzene rings is 22. The van der Waals surface area contributed by atoms with Gasteiger partial charge in [-0.1, -0.05) is 399 Å². The summed E-state index contributed by atoms with van der Waals surface area (Å²) in [4.78, 5) is 0. The Morgan fingerprint density at radius 2 is 0.426 bits per heavy atom. The second-order valence-corrected chi connectivity index (χ2v) is 24.7. The minimum absolute atomic E-state index is 0.0428. The first-order valence-corrected chi connectivity index (χ1v) is 33.5. The van der Waals surface area contributed by atoms with Crippen molar-refractivity contribution in [2.45, 2.75) is 0 Å². The first-order valence-electron chi connectivity index (χ1n) is 57.5. The molecule has 22 aromatic carbocycles. The minimum Gasteiger partial charge on any atom is -0.0616 e. The molecule has 108 heavy (non-hydrogen) atoms. The van der Waals surface area contributed by atoms with E-state index in [1.165, 1.54) is 0 Å². The van der Waals surface area contributed by atoms with Gasteiger partial charge in [-0.3, -0.25) is 0 Å². The molecule has 0 radical (unpaired) electrons. The fourth-order valence-corrected chi connectivity index (χ4v) is 14.2. The van der Waals surface area contributed by atoms with Gasteiger partial charge in [-0.2, -0.15) is 0 Å². The lowest BCUT2D eigenvalue weighted by Crippen LogP contribution is -1.91. The van der Waals surface area contributed by atoms with Crippen LogP contribution in [0.4, 0.5) is 0 Å². The van der Waals surface area contributed by atoms with Gasteiger partial charge in [0.1, 0.15) is 0 Å². The van der Waals surface area contributed by atoms with Crippen LogP contribution >= 0.6 is 0 Å².